The van der Waals surface area contributed by atoms with Gasteiger partial charge in [-0.3, -0.25) is 0 Å². The lowest BCUT2D eigenvalue weighted by Gasteiger charge is -2.06. The minimum absolute atomic E-state index is 0.104. The lowest BCUT2D eigenvalue weighted by atomic mass is 10.2. The van der Waals surface area contributed by atoms with Crippen LogP contribution in [0.25, 0.3) is 0 Å². The molecule has 0 aliphatic heterocycles. The molecule has 0 radical (unpaired) electrons. The first kappa shape index (κ1) is 14.0. The zero-order valence-corrected chi connectivity index (χ0v) is 10.5. The fourth-order valence-corrected chi connectivity index (χ4v) is 1.39. The molecule has 0 aliphatic rings. The van der Waals surface area contributed by atoms with Gasteiger partial charge in [-0.1, -0.05) is 6.92 Å². The van der Waals surface area contributed by atoms with E-state index in [9.17, 15) is 9.18 Å². The first-order valence-electron chi connectivity index (χ1n) is 5.38. The van der Waals surface area contributed by atoms with Crippen molar-refractivity contribution in [3.8, 4) is 0 Å². The molecule has 0 spiro atoms. The molecule has 0 fully saturated rings. The molecular formula is C12H15FO3S. The van der Waals surface area contributed by atoms with Gasteiger partial charge in [0.2, 0.25) is 0 Å². The van der Waals surface area contributed by atoms with Gasteiger partial charge < -0.3 is 9.47 Å². The summed E-state index contributed by atoms with van der Waals surface area (Å²) in [7, 11) is 0. The SMILES string of the molecule is CCCOCCOC(=O)c1cc(S)ccc1F. The molecule has 0 bridgehead atoms. The molecule has 1 aromatic rings. The Morgan fingerprint density at radius 2 is 2.12 bits per heavy atom. The molecule has 0 unspecified atom stereocenters. The Bertz CT molecular complexity index is 382. The number of carbonyl (C=O) groups is 1. The van der Waals surface area contributed by atoms with Crippen LogP contribution in [0.5, 0.6) is 0 Å². The standard InChI is InChI=1S/C12H15FO3S/c1-2-5-15-6-7-16-12(14)10-8-9(17)3-4-11(10)13/h3-4,8,17H,2,5-7H2,1H3. The van der Waals surface area contributed by atoms with Crippen molar-refractivity contribution in [2.75, 3.05) is 19.8 Å². The van der Waals surface area contributed by atoms with E-state index in [1.165, 1.54) is 18.2 Å². The number of rotatable bonds is 6. The van der Waals surface area contributed by atoms with Gasteiger partial charge in [0, 0.05) is 11.5 Å². The molecule has 3 nitrogen and oxygen atoms in total. The number of halogens is 1. The van der Waals surface area contributed by atoms with Gasteiger partial charge in [-0.25, -0.2) is 9.18 Å². The van der Waals surface area contributed by atoms with E-state index in [1.807, 2.05) is 6.92 Å². The Labute approximate surface area is 105 Å². The van der Waals surface area contributed by atoms with Crippen LogP contribution in [0.4, 0.5) is 4.39 Å². The van der Waals surface area contributed by atoms with Crippen molar-refractivity contribution in [3.63, 3.8) is 0 Å². The van der Waals surface area contributed by atoms with Crippen LogP contribution < -0.4 is 0 Å². The van der Waals surface area contributed by atoms with Gasteiger partial charge in [-0.15, -0.1) is 12.6 Å². The van der Waals surface area contributed by atoms with Gasteiger partial charge in [-0.05, 0) is 24.6 Å². The number of thiol groups is 1. The molecule has 17 heavy (non-hydrogen) atoms. The lowest BCUT2D eigenvalue weighted by Crippen LogP contribution is -2.12. The monoisotopic (exact) mass is 258 g/mol. The largest absolute Gasteiger partial charge is 0.460 e. The normalized spacial score (nSPS) is 10.3. The predicted octanol–water partition coefficient (Wildman–Crippen LogP) is 2.70. The first-order chi connectivity index (χ1) is 8.15. The molecular weight excluding hydrogens is 243 g/mol. The fourth-order valence-electron chi connectivity index (χ4n) is 1.19. The van der Waals surface area contributed by atoms with Crippen LogP contribution in [0, 0.1) is 5.82 Å². The number of esters is 1. The van der Waals surface area contributed by atoms with Crippen molar-refractivity contribution in [3.05, 3.63) is 29.6 Å². The molecule has 0 atom stereocenters. The van der Waals surface area contributed by atoms with Gasteiger partial charge in [-0.2, -0.15) is 0 Å². The van der Waals surface area contributed by atoms with Crippen molar-refractivity contribution >= 4 is 18.6 Å². The highest BCUT2D eigenvalue weighted by atomic mass is 32.1. The molecule has 1 rings (SSSR count). The molecule has 0 heterocycles. The molecule has 94 valence electrons. The lowest BCUT2D eigenvalue weighted by molar-refractivity contribution is 0.0314. The zero-order chi connectivity index (χ0) is 12.7. The minimum atomic E-state index is -0.696. The Hall–Kier alpha value is -1.07. The van der Waals surface area contributed by atoms with E-state index in [2.05, 4.69) is 12.6 Å². The topological polar surface area (TPSA) is 35.5 Å². The summed E-state index contributed by atoms with van der Waals surface area (Å²) in [5, 5.41) is 0. The molecule has 0 saturated carbocycles. The number of ether oxygens (including phenoxy) is 2. The highest BCUT2D eigenvalue weighted by molar-refractivity contribution is 7.80. The average molecular weight is 258 g/mol. The van der Waals surface area contributed by atoms with Crippen LogP contribution in [-0.2, 0) is 9.47 Å². The third-order valence-electron chi connectivity index (χ3n) is 1.98. The van der Waals surface area contributed by atoms with Gasteiger partial charge in [0.1, 0.15) is 12.4 Å². The van der Waals surface area contributed by atoms with Crippen molar-refractivity contribution < 1.29 is 18.7 Å². The summed E-state index contributed by atoms with van der Waals surface area (Å²) in [5.41, 5.74) is -0.104. The van der Waals surface area contributed by atoms with Gasteiger partial charge >= 0.3 is 5.97 Å². The van der Waals surface area contributed by atoms with Crippen LogP contribution in [0.2, 0.25) is 0 Å². The van der Waals surface area contributed by atoms with E-state index in [0.29, 0.717) is 18.1 Å². The van der Waals surface area contributed by atoms with E-state index in [0.717, 1.165) is 6.42 Å². The van der Waals surface area contributed by atoms with E-state index < -0.39 is 11.8 Å². The van der Waals surface area contributed by atoms with Crippen LogP contribution in [-0.4, -0.2) is 25.8 Å². The summed E-state index contributed by atoms with van der Waals surface area (Å²) in [4.78, 5) is 12.0. The van der Waals surface area contributed by atoms with E-state index >= 15 is 0 Å². The minimum Gasteiger partial charge on any atom is -0.460 e. The summed E-state index contributed by atoms with van der Waals surface area (Å²) in [6, 6.07) is 4.00. The number of hydrogen-bond donors (Lipinski definition) is 1. The third-order valence-corrected chi connectivity index (χ3v) is 2.26. The average Bonchev–Trinajstić information content (AvgIpc) is 2.32. The van der Waals surface area contributed by atoms with Gasteiger partial charge in [0.05, 0.1) is 12.2 Å². The molecule has 0 aliphatic carbocycles. The smallest absolute Gasteiger partial charge is 0.341 e. The predicted molar refractivity (Wildman–Crippen MR) is 65.0 cm³/mol. The number of carbonyl (C=O) groups excluding carboxylic acids is 1. The number of hydrogen-bond acceptors (Lipinski definition) is 4. The summed E-state index contributed by atoms with van der Waals surface area (Å²) < 4.78 is 23.3. The molecule has 1 aromatic carbocycles. The molecule has 5 heteroatoms. The van der Waals surface area contributed by atoms with Crippen LogP contribution in [0.1, 0.15) is 23.7 Å². The van der Waals surface area contributed by atoms with E-state index in [1.54, 1.807) is 0 Å². The van der Waals surface area contributed by atoms with Gasteiger partial charge in [0.25, 0.3) is 0 Å². The van der Waals surface area contributed by atoms with E-state index in [-0.39, 0.29) is 12.2 Å². The van der Waals surface area contributed by atoms with Crippen molar-refractivity contribution in [1.29, 1.82) is 0 Å². The Kier molecular flexibility index (Phi) is 6.00. The summed E-state index contributed by atoms with van der Waals surface area (Å²) in [5.74, 6) is -1.30. The second kappa shape index (κ2) is 7.29. The Morgan fingerprint density at radius 1 is 1.35 bits per heavy atom. The molecule has 0 aromatic heterocycles. The summed E-state index contributed by atoms with van der Waals surface area (Å²) >= 11 is 4.03. The summed E-state index contributed by atoms with van der Waals surface area (Å²) in [6.45, 7) is 3.05. The third kappa shape index (κ3) is 4.75. The van der Waals surface area contributed by atoms with Crippen LogP contribution in [0.15, 0.2) is 23.1 Å². The van der Waals surface area contributed by atoms with Gasteiger partial charge in [0.15, 0.2) is 0 Å². The molecule has 0 saturated heterocycles. The highest BCUT2D eigenvalue weighted by Crippen LogP contribution is 2.14. The van der Waals surface area contributed by atoms with Crippen LogP contribution in [0.3, 0.4) is 0 Å². The summed E-state index contributed by atoms with van der Waals surface area (Å²) in [6.07, 6.45) is 0.907. The highest BCUT2D eigenvalue weighted by Gasteiger charge is 2.13. The fraction of sp³-hybridized carbons (Fsp3) is 0.417. The zero-order valence-electron chi connectivity index (χ0n) is 9.61. The van der Waals surface area contributed by atoms with Crippen molar-refractivity contribution in [1.82, 2.24) is 0 Å². The maximum Gasteiger partial charge on any atom is 0.341 e. The molecule has 0 N–H and O–H groups in total. The first-order valence-corrected chi connectivity index (χ1v) is 5.83. The maximum atomic E-state index is 13.3. The van der Waals surface area contributed by atoms with Crippen LogP contribution >= 0.6 is 12.6 Å². The Morgan fingerprint density at radius 3 is 2.82 bits per heavy atom. The second-order valence-electron chi connectivity index (χ2n) is 3.41. The maximum absolute atomic E-state index is 13.3. The number of benzene rings is 1. The molecule has 0 amide bonds. The van der Waals surface area contributed by atoms with E-state index in [4.69, 9.17) is 9.47 Å². The second-order valence-corrected chi connectivity index (χ2v) is 3.93. The quantitative estimate of drug-likeness (QED) is 0.484. The van der Waals surface area contributed by atoms with Crippen molar-refractivity contribution in [2.45, 2.75) is 18.2 Å². The van der Waals surface area contributed by atoms with Crippen molar-refractivity contribution in [2.24, 2.45) is 0 Å². The Balaban J connectivity index is 2.44.